The molecule has 3 aromatic carbocycles. The van der Waals surface area contributed by atoms with Gasteiger partial charge in [-0.05, 0) is 43.3 Å². The highest BCUT2D eigenvalue weighted by molar-refractivity contribution is 5.92. The molecule has 0 aliphatic rings. The van der Waals surface area contributed by atoms with E-state index in [4.69, 9.17) is 0 Å². The van der Waals surface area contributed by atoms with Gasteiger partial charge in [-0.25, -0.2) is 9.97 Å². The summed E-state index contributed by atoms with van der Waals surface area (Å²) >= 11 is 0. The Morgan fingerprint density at radius 1 is 0.800 bits per heavy atom. The van der Waals surface area contributed by atoms with E-state index in [0.717, 1.165) is 16.6 Å². The SMILES string of the molecule is Cc1ccc(Nc2nc(-c3ccccc3O)nc3ccccc23)cc1. The monoisotopic (exact) mass is 327 g/mol. The molecule has 0 spiro atoms. The van der Waals surface area contributed by atoms with Crippen molar-refractivity contribution in [3.63, 3.8) is 0 Å². The molecule has 4 rings (SSSR count). The molecule has 0 saturated heterocycles. The summed E-state index contributed by atoms with van der Waals surface area (Å²) in [5.41, 5.74) is 3.59. The van der Waals surface area contributed by atoms with Crippen LogP contribution >= 0.6 is 0 Å². The summed E-state index contributed by atoms with van der Waals surface area (Å²) in [6.07, 6.45) is 0. The summed E-state index contributed by atoms with van der Waals surface area (Å²) in [6, 6.07) is 23.1. The van der Waals surface area contributed by atoms with E-state index in [2.05, 4.69) is 34.3 Å². The van der Waals surface area contributed by atoms with Crippen molar-refractivity contribution in [2.24, 2.45) is 0 Å². The number of rotatable bonds is 3. The summed E-state index contributed by atoms with van der Waals surface area (Å²) in [6.45, 7) is 2.06. The molecular formula is C21H17N3O. The maximum atomic E-state index is 10.1. The molecule has 0 aliphatic carbocycles. The van der Waals surface area contributed by atoms with Crippen molar-refractivity contribution in [1.82, 2.24) is 9.97 Å². The lowest BCUT2D eigenvalue weighted by Gasteiger charge is -2.12. The number of nitrogens with zero attached hydrogens (tertiary/aromatic N) is 2. The zero-order chi connectivity index (χ0) is 17.2. The molecule has 0 atom stereocenters. The Hall–Kier alpha value is -3.40. The number of benzene rings is 3. The average Bonchev–Trinajstić information content (AvgIpc) is 2.64. The Morgan fingerprint density at radius 3 is 2.32 bits per heavy atom. The van der Waals surface area contributed by atoms with Crippen LogP contribution < -0.4 is 5.32 Å². The van der Waals surface area contributed by atoms with E-state index in [1.807, 2.05) is 48.5 Å². The smallest absolute Gasteiger partial charge is 0.165 e. The molecular weight excluding hydrogens is 310 g/mol. The topological polar surface area (TPSA) is 58.0 Å². The molecule has 0 unspecified atom stereocenters. The van der Waals surface area contributed by atoms with Crippen LogP contribution in [0.4, 0.5) is 11.5 Å². The van der Waals surface area contributed by atoms with Crippen LogP contribution in [0.1, 0.15) is 5.56 Å². The Balaban J connectivity index is 1.87. The molecule has 0 aliphatic heterocycles. The molecule has 2 N–H and O–H groups in total. The number of aryl methyl sites for hydroxylation is 1. The minimum absolute atomic E-state index is 0.166. The van der Waals surface area contributed by atoms with Gasteiger partial charge in [0.05, 0.1) is 11.1 Å². The van der Waals surface area contributed by atoms with Crippen LogP contribution in [-0.2, 0) is 0 Å². The summed E-state index contributed by atoms with van der Waals surface area (Å²) < 4.78 is 0. The van der Waals surface area contributed by atoms with E-state index in [9.17, 15) is 5.11 Å². The Kier molecular flexibility index (Phi) is 3.78. The van der Waals surface area contributed by atoms with Crippen LogP contribution in [0.5, 0.6) is 5.75 Å². The Bertz CT molecular complexity index is 1040. The molecule has 0 bridgehead atoms. The van der Waals surface area contributed by atoms with Crippen LogP contribution in [-0.4, -0.2) is 15.1 Å². The number of phenolic OH excluding ortho intramolecular Hbond substituents is 1. The van der Waals surface area contributed by atoms with E-state index < -0.39 is 0 Å². The lowest BCUT2D eigenvalue weighted by atomic mass is 10.1. The summed E-state index contributed by atoms with van der Waals surface area (Å²) in [4.78, 5) is 9.28. The fourth-order valence-electron chi connectivity index (χ4n) is 2.73. The zero-order valence-corrected chi connectivity index (χ0v) is 13.8. The van der Waals surface area contributed by atoms with Crippen molar-refractivity contribution in [3.05, 3.63) is 78.4 Å². The van der Waals surface area contributed by atoms with Gasteiger partial charge in [-0.2, -0.15) is 0 Å². The molecule has 0 saturated carbocycles. The molecule has 4 heteroatoms. The zero-order valence-electron chi connectivity index (χ0n) is 13.8. The third kappa shape index (κ3) is 3.02. The molecule has 0 radical (unpaired) electrons. The number of aromatic hydroxyl groups is 1. The van der Waals surface area contributed by atoms with Crippen LogP contribution in [0.3, 0.4) is 0 Å². The van der Waals surface area contributed by atoms with Gasteiger partial charge in [-0.3, -0.25) is 0 Å². The maximum Gasteiger partial charge on any atom is 0.165 e. The van der Waals surface area contributed by atoms with Gasteiger partial charge in [0.25, 0.3) is 0 Å². The number of hydrogen-bond acceptors (Lipinski definition) is 4. The van der Waals surface area contributed by atoms with Crippen LogP contribution in [0.25, 0.3) is 22.3 Å². The van der Waals surface area contributed by atoms with Gasteiger partial charge >= 0.3 is 0 Å². The minimum atomic E-state index is 0.166. The molecule has 1 aromatic heterocycles. The fraction of sp³-hybridized carbons (Fsp3) is 0.0476. The first kappa shape index (κ1) is 15.1. The predicted octanol–water partition coefficient (Wildman–Crippen LogP) is 5.05. The second-order valence-electron chi connectivity index (χ2n) is 5.92. The summed E-state index contributed by atoms with van der Waals surface area (Å²) in [7, 11) is 0. The second-order valence-corrected chi connectivity index (χ2v) is 5.92. The molecule has 4 nitrogen and oxygen atoms in total. The number of phenols is 1. The van der Waals surface area contributed by atoms with E-state index in [1.54, 1.807) is 12.1 Å². The van der Waals surface area contributed by atoms with E-state index >= 15 is 0 Å². The van der Waals surface area contributed by atoms with E-state index in [-0.39, 0.29) is 5.75 Å². The Labute approximate surface area is 145 Å². The average molecular weight is 327 g/mol. The quantitative estimate of drug-likeness (QED) is 0.552. The molecule has 1 heterocycles. The van der Waals surface area contributed by atoms with Crippen LogP contribution in [0.2, 0.25) is 0 Å². The van der Waals surface area contributed by atoms with Gasteiger partial charge in [0, 0.05) is 11.1 Å². The van der Waals surface area contributed by atoms with Crippen LogP contribution in [0, 0.1) is 6.92 Å². The molecule has 4 aromatic rings. The summed E-state index contributed by atoms with van der Waals surface area (Å²) in [5, 5.41) is 14.5. The van der Waals surface area contributed by atoms with Gasteiger partial charge in [-0.1, -0.05) is 42.0 Å². The standard InChI is InChI=1S/C21H17N3O/c1-14-10-12-15(13-11-14)22-20-16-6-2-4-8-18(16)23-21(24-20)17-7-3-5-9-19(17)25/h2-13,25H,1H3,(H,22,23,24). The minimum Gasteiger partial charge on any atom is -0.507 e. The van der Waals surface area contributed by atoms with Gasteiger partial charge in [-0.15, -0.1) is 0 Å². The number of para-hydroxylation sites is 2. The number of fused-ring (bicyclic) bond motifs is 1. The fourth-order valence-corrected chi connectivity index (χ4v) is 2.73. The van der Waals surface area contributed by atoms with Crippen molar-refractivity contribution in [2.45, 2.75) is 6.92 Å². The van der Waals surface area contributed by atoms with Crippen molar-refractivity contribution < 1.29 is 5.11 Å². The Morgan fingerprint density at radius 2 is 1.52 bits per heavy atom. The first-order valence-electron chi connectivity index (χ1n) is 8.09. The summed E-state index contributed by atoms with van der Waals surface area (Å²) in [5.74, 6) is 1.37. The number of anilines is 2. The largest absolute Gasteiger partial charge is 0.507 e. The number of nitrogens with one attached hydrogen (secondary N) is 1. The van der Waals surface area contributed by atoms with Gasteiger partial charge in [0.15, 0.2) is 5.82 Å². The number of hydrogen-bond donors (Lipinski definition) is 2. The van der Waals surface area contributed by atoms with Crippen molar-refractivity contribution in [2.75, 3.05) is 5.32 Å². The lowest BCUT2D eigenvalue weighted by Crippen LogP contribution is -1.99. The normalized spacial score (nSPS) is 10.8. The third-order valence-corrected chi connectivity index (χ3v) is 4.06. The first-order chi connectivity index (χ1) is 12.2. The maximum absolute atomic E-state index is 10.1. The van der Waals surface area contributed by atoms with Crippen molar-refractivity contribution >= 4 is 22.4 Å². The van der Waals surface area contributed by atoms with Crippen molar-refractivity contribution in [3.8, 4) is 17.1 Å². The van der Waals surface area contributed by atoms with Crippen LogP contribution in [0.15, 0.2) is 72.8 Å². The predicted molar refractivity (Wildman–Crippen MR) is 101 cm³/mol. The highest BCUT2D eigenvalue weighted by Crippen LogP contribution is 2.31. The van der Waals surface area contributed by atoms with E-state index in [1.165, 1.54) is 5.56 Å². The lowest BCUT2D eigenvalue weighted by molar-refractivity contribution is 0.477. The van der Waals surface area contributed by atoms with Crippen molar-refractivity contribution in [1.29, 1.82) is 0 Å². The van der Waals surface area contributed by atoms with E-state index in [0.29, 0.717) is 17.2 Å². The van der Waals surface area contributed by atoms with Gasteiger partial charge < -0.3 is 10.4 Å². The third-order valence-electron chi connectivity index (χ3n) is 4.06. The first-order valence-corrected chi connectivity index (χ1v) is 8.09. The molecule has 0 fully saturated rings. The highest BCUT2D eigenvalue weighted by atomic mass is 16.3. The molecule has 0 amide bonds. The molecule has 122 valence electrons. The number of aromatic nitrogens is 2. The second kappa shape index (κ2) is 6.24. The highest BCUT2D eigenvalue weighted by Gasteiger charge is 2.12. The van der Waals surface area contributed by atoms with Gasteiger partial charge in [0.2, 0.25) is 0 Å². The van der Waals surface area contributed by atoms with Gasteiger partial charge in [0.1, 0.15) is 11.6 Å². The molecule has 25 heavy (non-hydrogen) atoms.